The molecule has 1 fully saturated rings. The second kappa shape index (κ2) is 1.86. The molecule has 0 aliphatic heterocycles. The second-order valence-corrected chi connectivity index (χ2v) is 2.40. The third kappa shape index (κ3) is 0.892. The first-order chi connectivity index (χ1) is 3.75. The number of carbonyl (C=O) groups excluding carboxylic acids is 1. The maximum atomic E-state index is 10.5. The Labute approximate surface area is 48.5 Å². The van der Waals surface area contributed by atoms with Gasteiger partial charge in [-0.3, -0.25) is 4.79 Å². The van der Waals surface area contributed by atoms with Crippen molar-refractivity contribution in [3.8, 4) is 0 Å². The zero-order valence-corrected chi connectivity index (χ0v) is 4.92. The number of aliphatic hydroxyl groups excluding tert-OH is 1. The Balaban J connectivity index is 2.26. The Morgan fingerprint density at radius 3 is 2.62 bits per heavy atom. The van der Waals surface area contributed by atoms with Crippen LogP contribution in [0.2, 0.25) is 0 Å². The monoisotopic (exact) mass is 114 g/mol. The van der Waals surface area contributed by atoms with Crippen LogP contribution in [0.4, 0.5) is 0 Å². The molecule has 0 amide bonds. The van der Waals surface area contributed by atoms with Crippen LogP contribution in [0.1, 0.15) is 13.3 Å². The molecule has 1 aliphatic carbocycles. The third-order valence-corrected chi connectivity index (χ3v) is 1.68. The van der Waals surface area contributed by atoms with E-state index in [-0.39, 0.29) is 18.3 Å². The van der Waals surface area contributed by atoms with Crippen molar-refractivity contribution in [2.24, 2.45) is 11.8 Å². The number of carbonyl (C=O) groups is 1. The predicted octanol–water partition coefficient (Wildman–Crippen LogP) is 0.204. The first-order valence-corrected chi connectivity index (χ1v) is 2.87. The van der Waals surface area contributed by atoms with Crippen molar-refractivity contribution < 1.29 is 9.90 Å². The largest absolute Gasteiger partial charge is 0.396 e. The zero-order chi connectivity index (χ0) is 6.15. The molecule has 0 heterocycles. The van der Waals surface area contributed by atoms with E-state index >= 15 is 0 Å². The van der Waals surface area contributed by atoms with Crippen LogP contribution in [0.25, 0.3) is 0 Å². The van der Waals surface area contributed by atoms with Gasteiger partial charge in [0.15, 0.2) is 0 Å². The Kier molecular flexibility index (Phi) is 1.34. The molecule has 1 saturated carbocycles. The van der Waals surface area contributed by atoms with Crippen LogP contribution in [0.15, 0.2) is 0 Å². The van der Waals surface area contributed by atoms with Crippen LogP contribution < -0.4 is 0 Å². The van der Waals surface area contributed by atoms with Gasteiger partial charge < -0.3 is 5.11 Å². The number of Topliss-reactive ketones (excluding diaryl/α,β-unsaturated/α-hetero) is 1. The Bertz CT molecular complexity index is 109. The van der Waals surface area contributed by atoms with Gasteiger partial charge in [-0.25, -0.2) is 0 Å². The van der Waals surface area contributed by atoms with E-state index in [2.05, 4.69) is 0 Å². The van der Waals surface area contributed by atoms with Crippen molar-refractivity contribution in [1.29, 1.82) is 0 Å². The fourth-order valence-corrected chi connectivity index (χ4v) is 0.947. The minimum Gasteiger partial charge on any atom is -0.396 e. The maximum absolute atomic E-state index is 10.5. The molecule has 0 aromatic heterocycles. The van der Waals surface area contributed by atoms with Gasteiger partial charge in [-0.1, -0.05) is 0 Å². The number of aliphatic hydroxyl groups is 1. The van der Waals surface area contributed by atoms with Crippen LogP contribution in [-0.4, -0.2) is 17.5 Å². The summed E-state index contributed by atoms with van der Waals surface area (Å²) in [6.07, 6.45) is 0.909. The molecule has 2 nitrogen and oxygen atoms in total. The molecular formula is C6H10O2. The van der Waals surface area contributed by atoms with Crippen molar-refractivity contribution >= 4 is 5.78 Å². The number of ketones is 1. The Hall–Kier alpha value is -0.370. The zero-order valence-electron chi connectivity index (χ0n) is 4.92. The molecule has 8 heavy (non-hydrogen) atoms. The van der Waals surface area contributed by atoms with Gasteiger partial charge in [0, 0.05) is 12.5 Å². The minimum absolute atomic E-state index is 0.185. The fraction of sp³-hybridized carbons (Fsp3) is 0.833. The molecule has 1 aliphatic rings. The SMILES string of the molecule is CC(=O)[C@@H]1C[C@@H]1CO. The van der Waals surface area contributed by atoms with Crippen LogP contribution >= 0.6 is 0 Å². The molecular weight excluding hydrogens is 104 g/mol. The highest BCUT2D eigenvalue weighted by Gasteiger charge is 2.39. The molecule has 0 spiro atoms. The normalized spacial score (nSPS) is 34.8. The summed E-state index contributed by atoms with van der Waals surface area (Å²) in [4.78, 5) is 10.5. The van der Waals surface area contributed by atoms with Crippen molar-refractivity contribution in [3.63, 3.8) is 0 Å². The highest BCUT2D eigenvalue weighted by Crippen LogP contribution is 2.38. The number of hydrogen-bond acceptors (Lipinski definition) is 2. The van der Waals surface area contributed by atoms with Gasteiger partial charge in [0.2, 0.25) is 0 Å². The van der Waals surface area contributed by atoms with Crippen LogP contribution in [-0.2, 0) is 4.79 Å². The van der Waals surface area contributed by atoms with Crippen molar-refractivity contribution in [1.82, 2.24) is 0 Å². The summed E-state index contributed by atoms with van der Waals surface area (Å²) in [7, 11) is 0. The lowest BCUT2D eigenvalue weighted by Crippen LogP contribution is -1.97. The summed E-state index contributed by atoms with van der Waals surface area (Å²) in [6, 6.07) is 0. The molecule has 1 N–H and O–H groups in total. The van der Waals surface area contributed by atoms with E-state index < -0.39 is 0 Å². The highest BCUT2D eigenvalue weighted by molar-refractivity contribution is 5.81. The average Bonchev–Trinajstić information content (AvgIpc) is 2.42. The van der Waals surface area contributed by atoms with Crippen LogP contribution in [0.5, 0.6) is 0 Å². The fourth-order valence-electron chi connectivity index (χ4n) is 0.947. The maximum Gasteiger partial charge on any atom is 0.133 e. The average molecular weight is 114 g/mol. The third-order valence-electron chi connectivity index (χ3n) is 1.68. The van der Waals surface area contributed by atoms with E-state index in [1.165, 1.54) is 0 Å². The lowest BCUT2D eigenvalue weighted by molar-refractivity contribution is -0.118. The molecule has 0 unspecified atom stereocenters. The molecule has 0 radical (unpaired) electrons. The Morgan fingerprint density at radius 1 is 1.88 bits per heavy atom. The van der Waals surface area contributed by atoms with E-state index in [1.807, 2.05) is 0 Å². The Morgan fingerprint density at radius 2 is 2.50 bits per heavy atom. The molecule has 0 saturated heterocycles. The molecule has 46 valence electrons. The first kappa shape index (κ1) is 5.76. The standard InChI is InChI=1S/C6H10O2/c1-4(8)6-2-5(6)3-7/h5-7H,2-3H2,1H3/t5-,6+/m1/s1. The van der Waals surface area contributed by atoms with E-state index in [4.69, 9.17) is 5.11 Å². The molecule has 1 rings (SSSR count). The first-order valence-electron chi connectivity index (χ1n) is 2.87. The van der Waals surface area contributed by atoms with Gasteiger partial charge in [0.25, 0.3) is 0 Å². The molecule has 2 atom stereocenters. The second-order valence-electron chi connectivity index (χ2n) is 2.40. The van der Waals surface area contributed by atoms with E-state index in [0.717, 1.165) is 6.42 Å². The predicted molar refractivity (Wildman–Crippen MR) is 29.4 cm³/mol. The van der Waals surface area contributed by atoms with Gasteiger partial charge in [-0.05, 0) is 19.3 Å². The summed E-state index contributed by atoms with van der Waals surface area (Å²) >= 11 is 0. The lowest BCUT2D eigenvalue weighted by Gasteiger charge is -1.85. The molecule has 0 aromatic rings. The summed E-state index contributed by atoms with van der Waals surface area (Å²) < 4.78 is 0. The smallest absolute Gasteiger partial charge is 0.133 e. The summed E-state index contributed by atoms with van der Waals surface area (Å²) in [6.45, 7) is 1.77. The molecule has 0 aromatic carbocycles. The van der Waals surface area contributed by atoms with Crippen molar-refractivity contribution in [2.45, 2.75) is 13.3 Å². The van der Waals surface area contributed by atoms with Crippen molar-refractivity contribution in [2.75, 3.05) is 6.61 Å². The molecule has 0 bridgehead atoms. The van der Waals surface area contributed by atoms with Gasteiger partial charge in [-0.15, -0.1) is 0 Å². The molecule has 2 heteroatoms. The summed E-state index contributed by atoms with van der Waals surface area (Å²) in [5.41, 5.74) is 0. The van der Waals surface area contributed by atoms with Crippen LogP contribution in [0.3, 0.4) is 0 Å². The van der Waals surface area contributed by atoms with E-state index in [9.17, 15) is 4.79 Å². The van der Waals surface area contributed by atoms with E-state index in [0.29, 0.717) is 5.92 Å². The van der Waals surface area contributed by atoms with Gasteiger partial charge >= 0.3 is 0 Å². The highest BCUT2D eigenvalue weighted by atomic mass is 16.3. The summed E-state index contributed by atoms with van der Waals surface area (Å²) in [5.74, 6) is 0.719. The van der Waals surface area contributed by atoms with Crippen molar-refractivity contribution in [3.05, 3.63) is 0 Å². The minimum atomic E-state index is 0.185. The number of hydrogen-bond donors (Lipinski definition) is 1. The quantitative estimate of drug-likeness (QED) is 0.557. The lowest BCUT2D eigenvalue weighted by atomic mass is 10.2. The van der Waals surface area contributed by atoms with Gasteiger partial charge in [0.05, 0.1) is 0 Å². The summed E-state index contributed by atoms with van der Waals surface area (Å²) in [5, 5.41) is 8.47. The number of rotatable bonds is 2. The van der Waals surface area contributed by atoms with E-state index in [1.54, 1.807) is 6.92 Å². The topological polar surface area (TPSA) is 37.3 Å². The van der Waals surface area contributed by atoms with Gasteiger partial charge in [-0.2, -0.15) is 0 Å². The van der Waals surface area contributed by atoms with Gasteiger partial charge in [0.1, 0.15) is 5.78 Å². The van der Waals surface area contributed by atoms with Crippen LogP contribution in [0, 0.1) is 11.8 Å².